The number of amides is 3. The van der Waals surface area contributed by atoms with E-state index < -0.39 is 5.91 Å². The van der Waals surface area contributed by atoms with Gasteiger partial charge in [-0.3, -0.25) is 14.4 Å². The third kappa shape index (κ3) is 4.94. The van der Waals surface area contributed by atoms with Crippen molar-refractivity contribution in [2.24, 2.45) is 11.5 Å². The Hall–Kier alpha value is -4.69. The number of rotatable bonds is 5. The van der Waals surface area contributed by atoms with Crippen LogP contribution in [-0.4, -0.2) is 40.7 Å². The summed E-state index contributed by atoms with van der Waals surface area (Å²) >= 11 is 0. The summed E-state index contributed by atoms with van der Waals surface area (Å²) in [6.07, 6.45) is 5.20. The Morgan fingerprint density at radius 1 is 0.921 bits per heavy atom. The Balaban J connectivity index is 0.000000529. The molecule has 6 rings (SSSR count). The van der Waals surface area contributed by atoms with Gasteiger partial charge in [0, 0.05) is 48.6 Å². The number of hydrogen-bond donors (Lipinski definition) is 4. The lowest BCUT2D eigenvalue weighted by Gasteiger charge is -2.15. The standard InChI is InChI=1S/C27H26N4O2.C3H3NO/c28-16-19-5-1-2-6-20(19)21-11-12-22(26(29)32)25-23(21)15-24(30-25)17-7-9-18(10-8-17)27(33)31-13-3-4-14-31;5-3-1-2-4-3/h1-2,5-12,15,30H,3-4,13-14,16,28H2,(H2,29,32);1-2H,(H,4,5). The molecule has 3 amide bonds. The van der Waals surface area contributed by atoms with E-state index in [0.29, 0.717) is 23.2 Å². The second-order valence-electron chi connectivity index (χ2n) is 9.28. The Bertz CT molecular complexity index is 1550. The zero-order valence-corrected chi connectivity index (χ0v) is 20.9. The second kappa shape index (κ2) is 10.7. The van der Waals surface area contributed by atoms with Crippen LogP contribution < -0.4 is 16.8 Å². The van der Waals surface area contributed by atoms with Gasteiger partial charge < -0.3 is 26.7 Å². The molecule has 0 radical (unpaired) electrons. The van der Waals surface area contributed by atoms with Gasteiger partial charge in [-0.15, -0.1) is 0 Å². The zero-order chi connectivity index (χ0) is 26.6. The molecule has 6 N–H and O–H groups in total. The largest absolute Gasteiger partial charge is 0.366 e. The lowest BCUT2D eigenvalue weighted by molar-refractivity contribution is -0.117. The van der Waals surface area contributed by atoms with Gasteiger partial charge in [0.25, 0.3) is 11.8 Å². The molecule has 0 aliphatic carbocycles. The summed E-state index contributed by atoms with van der Waals surface area (Å²) in [5.41, 5.74) is 18.3. The van der Waals surface area contributed by atoms with Gasteiger partial charge in [-0.25, -0.2) is 0 Å². The number of carbonyl (C=O) groups is 3. The SMILES string of the molecule is NCc1ccccc1-c1ccc(C(N)=O)c2[nH]c(-c3ccc(C(=O)N4CCCC4)cc3)cc12.O=C1C=CN1. The summed E-state index contributed by atoms with van der Waals surface area (Å²) in [6.45, 7) is 2.07. The highest BCUT2D eigenvalue weighted by Gasteiger charge is 2.20. The molecule has 38 heavy (non-hydrogen) atoms. The minimum atomic E-state index is -0.487. The minimum absolute atomic E-state index is 0.00463. The molecule has 2 aliphatic heterocycles. The van der Waals surface area contributed by atoms with Crippen LogP contribution in [0.15, 0.2) is 79.0 Å². The maximum Gasteiger partial charge on any atom is 0.253 e. The lowest BCUT2D eigenvalue weighted by Crippen LogP contribution is -2.27. The van der Waals surface area contributed by atoms with Crippen LogP contribution in [0.1, 0.15) is 39.1 Å². The lowest BCUT2D eigenvalue weighted by atomic mass is 9.95. The maximum atomic E-state index is 12.7. The van der Waals surface area contributed by atoms with Crippen LogP contribution in [-0.2, 0) is 11.3 Å². The van der Waals surface area contributed by atoms with E-state index in [1.807, 2.05) is 65.6 Å². The van der Waals surface area contributed by atoms with Gasteiger partial charge in [0.15, 0.2) is 0 Å². The van der Waals surface area contributed by atoms with Gasteiger partial charge in [-0.2, -0.15) is 0 Å². The number of hydrogen-bond acceptors (Lipinski definition) is 4. The molecule has 1 fully saturated rings. The summed E-state index contributed by atoms with van der Waals surface area (Å²) in [5, 5.41) is 3.29. The quantitative estimate of drug-likeness (QED) is 0.326. The Labute approximate surface area is 220 Å². The summed E-state index contributed by atoms with van der Waals surface area (Å²) in [7, 11) is 0. The molecule has 3 aromatic carbocycles. The van der Waals surface area contributed by atoms with E-state index in [2.05, 4.69) is 10.3 Å². The predicted octanol–water partition coefficient (Wildman–Crippen LogP) is 3.93. The molecule has 0 bridgehead atoms. The van der Waals surface area contributed by atoms with Crippen molar-refractivity contribution in [2.75, 3.05) is 13.1 Å². The number of H-pyrrole nitrogens is 1. The normalized spacial score (nSPS) is 14.0. The molecule has 4 aromatic rings. The average molecular weight is 508 g/mol. The number of fused-ring (bicyclic) bond motifs is 1. The molecule has 0 spiro atoms. The molecule has 1 saturated heterocycles. The number of benzene rings is 3. The molecular formula is C30H29N5O3. The highest BCUT2D eigenvalue weighted by molar-refractivity contribution is 6.10. The van der Waals surface area contributed by atoms with E-state index >= 15 is 0 Å². The van der Waals surface area contributed by atoms with Crippen LogP contribution >= 0.6 is 0 Å². The number of likely N-dealkylation sites (tertiary alicyclic amines) is 1. The van der Waals surface area contributed by atoms with E-state index in [0.717, 1.165) is 59.3 Å². The smallest absolute Gasteiger partial charge is 0.253 e. The summed E-state index contributed by atoms with van der Waals surface area (Å²) in [6, 6.07) is 21.3. The predicted molar refractivity (Wildman–Crippen MR) is 148 cm³/mol. The summed E-state index contributed by atoms with van der Waals surface area (Å²) in [4.78, 5) is 39.8. The first kappa shape index (κ1) is 25.0. The number of nitrogens with zero attached hydrogens (tertiary/aromatic N) is 1. The number of nitrogens with one attached hydrogen (secondary N) is 2. The Kier molecular flexibility index (Phi) is 7.06. The monoisotopic (exact) mass is 507 g/mol. The summed E-state index contributed by atoms with van der Waals surface area (Å²) in [5.74, 6) is -0.406. The van der Waals surface area contributed by atoms with Crippen molar-refractivity contribution in [2.45, 2.75) is 19.4 Å². The molecule has 2 aliphatic rings. The van der Waals surface area contributed by atoms with Crippen LogP contribution in [0.3, 0.4) is 0 Å². The second-order valence-corrected chi connectivity index (χ2v) is 9.28. The molecule has 0 saturated carbocycles. The fourth-order valence-corrected chi connectivity index (χ4v) is 4.82. The fourth-order valence-electron chi connectivity index (χ4n) is 4.82. The molecule has 192 valence electrons. The van der Waals surface area contributed by atoms with Crippen molar-refractivity contribution < 1.29 is 14.4 Å². The van der Waals surface area contributed by atoms with E-state index in [4.69, 9.17) is 11.5 Å². The Morgan fingerprint density at radius 2 is 1.61 bits per heavy atom. The number of nitrogens with two attached hydrogens (primary N) is 2. The minimum Gasteiger partial charge on any atom is -0.366 e. The van der Waals surface area contributed by atoms with Crippen molar-refractivity contribution in [3.05, 3.63) is 95.7 Å². The van der Waals surface area contributed by atoms with E-state index in [1.54, 1.807) is 12.3 Å². The number of aromatic amines is 1. The van der Waals surface area contributed by atoms with Crippen LogP contribution in [0.4, 0.5) is 0 Å². The van der Waals surface area contributed by atoms with E-state index in [1.165, 1.54) is 6.08 Å². The molecule has 8 nitrogen and oxygen atoms in total. The van der Waals surface area contributed by atoms with Crippen molar-refractivity contribution in [1.82, 2.24) is 15.2 Å². The first-order valence-electron chi connectivity index (χ1n) is 12.6. The van der Waals surface area contributed by atoms with Crippen molar-refractivity contribution in [1.29, 1.82) is 0 Å². The molecule has 1 aromatic heterocycles. The van der Waals surface area contributed by atoms with Crippen LogP contribution in [0.25, 0.3) is 33.3 Å². The molecule has 8 heteroatoms. The number of aromatic nitrogens is 1. The maximum absolute atomic E-state index is 12.7. The zero-order valence-electron chi connectivity index (χ0n) is 20.9. The van der Waals surface area contributed by atoms with E-state index in [-0.39, 0.29) is 11.8 Å². The average Bonchev–Trinajstić information content (AvgIpc) is 3.62. The van der Waals surface area contributed by atoms with Crippen molar-refractivity contribution in [3.63, 3.8) is 0 Å². The van der Waals surface area contributed by atoms with Crippen molar-refractivity contribution in [3.8, 4) is 22.4 Å². The third-order valence-electron chi connectivity index (χ3n) is 6.88. The Morgan fingerprint density at radius 3 is 2.21 bits per heavy atom. The van der Waals surface area contributed by atoms with Gasteiger partial charge in [-0.05, 0) is 59.4 Å². The fraction of sp³-hybridized carbons (Fsp3) is 0.167. The number of carbonyl (C=O) groups excluding carboxylic acids is 3. The van der Waals surface area contributed by atoms with Crippen molar-refractivity contribution >= 4 is 28.6 Å². The number of primary amides is 1. The van der Waals surface area contributed by atoms with Crippen LogP contribution in [0, 0.1) is 0 Å². The highest BCUT2D eigenvalue weighted by Crippen LogP contribution is 2.35. The van der Waals surface area contributed by atoms with Gasteiger partial charge in [0.05, 0.1) is 11.1 Å². The first-order valence-corrected chi connectivity index (χ1v) is 12.6. The molecule has 0 atom stereocenters. The third-order valence-corrected chi connectivity index (χ3v) is 6.88. The molecule has 3 heterocycles. The van der Waals surface area contributed by atoms with Crippen LogP contribution in [0.5, 0.6) is 0 Å². The molecular weight excluding hydrogens is 478 g/mol. The topological polar surface area (TPSA) is 134 Å². The summed E-state index contributed by atoms with van der Waals surface area (Å²) < 4.78 is 0. The van der Waals surface area contributed by atoms with Gasteiger partial charge in [-0.1, -0.05) is 42.5 Å². The van der Waals surface area contributed by atoms with Gasteiger partial charge >= 0.3 is 0 Å². The van der Waals surface area contributed by atoms with E-state index in [9.17, 15) is 14.4 Å². The molecule has 0 unspecified atom stereocenters. The first-order chi connectivity index (χ1) is 18.5. The van der Waals surface area contributed by atoms with Gasteiger partial charge in [0.2, 0.25) is 5.91 Å². The van der Waals surface area contributed by atoms with Gasteiger partial charge in [0.1, 0.15) is 0 Å². The highest BCUT2D eigenvalue weighted by atomic mass is 16.2. The van der Waals surface area contributed by atoms with Crippen LogP contribution in [0.2, 0.25) is 0 Å².